The Hall–Kier alpha value is -1.71. The quantitative estimate of drug-likeness (QED) is 0.612. The molecule has 10 heteroatoms. The molecule has 2 heterocycles. The van der Waals surface area contributed by atoms with Gasteiger partial charge in [0.05, 0.1) is 10.6 Å². The molecule has 0 aliphatic rings. The van der Waals surface area contributed by atoms with Gasteiger partial charge in [0.1, 0.15) is 4.21 Å². The Bertz CT molecular complexity index is 761. The van der Waals surface area contributed by atoms with Crippen LogP contribution < -0.4 is 4.31 Å². The third-order valence-electron chi connectivity index (χ3n) is 2.63. The Morgan fingerprint density at radius 2 is 2.05 bits per heavy atom. The van der Waals surface area contributed by atoms with E-state index in [2.05, 4.69) is 4.98 Å². The van der Waals surface area contributed by atoms with Crippen molar-refractivity contribution in [3.05, 3.63) is 45.0 Å². The number of rotatable bonds is 5. The fourth-order valence-electron chi connectivity index (χ4n) is 1.70. The van der Waals surface area contributed by atoms with Crippen LogP contribution in [0.25, 0.3) is 0 Å². The molecule has 0 spiro atoms. The maximum absolute atomic E-state index is 12.6. The van der Waals surface area contributed by atoms with Crippen LogP contribution in [-0.2, 0) is 10.0 Å². The van der Waals surface area contributed by atoms with Crippen LogP contribution in [0.5, 0.6) is 0 Å². The highest BCUT2D eigenvalue weighted by Gasteiger charge is 2.30. The van der Waals surface area contributed by atoms with Gasteiger partial charge in [-0.1, -0.05) is 11.6 Å². The second-order valence-electron chi connectivity index (χ2n) is 3.86. The summed E-state index contributed by atoms with van der Waals surface area (Å²) in [5, 5.41) is 10.8. The molecule has 0 unspecified atom stereocenters. The summed E-state index contributed by atoms with van der Waals surface area (Å²) >= 11 is 6.39. The number of anilines is 1. The zero-order valence-electron chi connectivity index (χ0n) is 10.8. The van der Waals surface area contributed by atoms with E-state index in [9.17, 15) is 18.5 Å². The van der Waals surface area contributed by atoms with Gasteiger partial charge >= 0.3 is 0 Å². The standard InChI is InChI=1S/C11H10ClN3O4S2/c1-2-14(8-3-5-13-6-4-8)21(18,19)10-7-9(15(16)17)11(12)20-10/h3-7H,2H2,1H3. The van der Waals surface area contributed by atoms with E-state index in [4.69, 9.17) is 11.6 Å². The van der Waals surface area contributed by atoms with Crippen LogP contribution in [0.15, 0.2) is 34.8 Å². The van der Waals surface area contributed by atoms with Crippen molar-refractivity contribution in [1.29, 1.82) is 0 Å². The molecule has 0 saturated heterocycles. The van der Waals surface area contributed by atoms with Crippen LogP contribution in [0.1, 0.15) is 6.92 Å². The Kier molecular flexibility index (Phi) is 4.45. The SMILES string of the molecule is CCN(c1ccncc1)S(=O)(=O)c1cc([N+](=O)[O-])c(Cl)s1. The zero-order chi connectivity index (χ0) is 15.6. The van der Waals surface area contributed by atoms with Gasteiger partial charge in [0.15, 0.2) is 4.34 Å². The van der Waals surface area contributed by atoms with E-state index in [-0.39, 0.29) is 15.1 Å². The van der Waals surface area contributed by atoms with Crippen molar-refractivity contribution in [3.63, 3.8) is 0 Å². The van der Waals surface area contributed by atoms with Gasteiger partial charge in [-0.3, -0.25) is 19.4 Å². The second kappa shape index (κ2) is 5.96. The molecule has 0 aliphatic carbocycles. The van der Waals surface area contributed by atoms with Gasteiger partial charge in [-0.2, -0.15) is 0 Å². The molecule has 7 nitrogen and oxygen atoms in total. The third-order valence-corrected chi connectivity index (χ3v) is 6.32. The number of aromatic nitrogens is 1. The normalized spacial score (nSPS) is 11.3. The molecule has 0 bridgehead atoms. The van der Waals surface area contributed by atoms with Crippen molar-refractivity contribution < 1.29 is 13.3 Å². The monoisotopic (exact) mass is 347 g/mol. The average molecular weight is 348 g/mol. The highest BCUT2D eigenvalue weighted by Crippen LogP contribution is 2.38. The van der Waals surface area contributed by atoms with Crippen LogP contribution in [0.2, 0.25) is 4.34 Å². The van der Waals surface area contributed by atoms with Gasteiger partial charge < -0.3 is 0 Å². The minimum absolute atomic E-state index is 0.163. The van der Waals surface area contributed by atoms with Crippen LogP contribution in [0.3, 0.4) is 0 Å². The zero-order valence-corrected chi connectivity index (χ0v) is 13.2. The first-order chi connectivity index (χ1) is 9.87. The van der Waals surface area contributed by atoms with Crippen molar-refractivity contribution >= 4 is 44.3 Å². The maximum atomic E-state index is 12.6. The van der Waals surface area contributed by atoms with Gasteiger partial charge in [0.25, 0.3) is 15.7 Å². The van der Waals surface area contributed by atoms with Crippen molar-refractivity contribution in [2.45, 2.75) is 11.1 Å². The lowest BCUT2D eigenvalue weighted by Crippen LogP contribution is -2.30. The van der Waals surface area contributed by atoms with E-state index in [1.54, 1.807) is 19.1 Å². The lowest BCUT2D eigenvalue weighted by molar-refractivity contribution is -0.384. The minimum atomic E-state index is -3.90. The number of halogens is 1. The average Bonchev–Trinajstić information content (AvgIpc) is 2.83. The van der Waals surface area contributed by atoms with Gasteiger partial charge in [0, 0.05) is 25.0 Å². The van der Waals surface area contributed by atoms with Crippen molar-refractivity contribution in [1.82, 2.24) is 4.98 Å². The molecule has 0 atom stereocenters. The van der Waals surface area contributed by atoms with E-state index in [0.29, 0.717) is 17.0 Å². The summed E-state index contributed by atoms with van der Waals surface area (Å²) in [6, 6.07) is 4.07. The minimum Gasteiger partial charge on any atom is -0.266 e. The highest BCUT2D eigenvalue weighted by molar-refractivity contribution is 7.94. The molecule has 21 heavy (non-hydrogen) atoms. The number of nitro groups is 1. The number of hydrogen-bond acceptors (Lipinski definition) is 6. The predicted molar refractivity (Wildman–Crippen MR) is 80.4 cm³/mol. The molecule has 2 aromatic rings. The lowest BCUT2D eigenvalue weighted by atomic mass is 10.4. The summed E-state index contributed by atoms with van der Waals surface area (Å²) in [5.41, 5.74) is 0.0192. The fraction of sp³-hybridized carbons (Fsp3) is 0.182. The van der Waals surface area contributed by atoms with E-state index < -0.39 is 20.6 Å². The Morgan fingerprint density at radius 3 is 2.52 bits per heavy atom. The Morgan fingerprint density at radius 1 is 1.43 bits per heavy atom. The molecule has 0 aromatic carbocycles. The first kappa shape index (κ1) is 15.7. The van der Waals surface area contributed by atoms with Crippen molar-refractivity contribution in [3.8, 4) is 0 Å². The molecule has 0 radical (unpaired) electrons. The highest BCUT2D eigenvalue weighted by atomic mass is 35.5. The van der Waals surface area contributed by atoms with Crippen LogP contribution in [-0.4, -0.2) is 24.9 Å². The molecule has 0 fully saturated rings. The summed E-state index contributed by atoms with van der Waals surface area (Å²) in [6.45, 7) is 1.84. The molecular weight excluding hydrogens is 338 g/mol. The topological polar surface area (TPSA) is 93.4 Å². The first-order valence-electron chi connectivity index (χ1n) is 5.74. The van der Waals surface area contributed by atoms with Crippen LogP contribution in [0, 0.1) is 10.1 Å². The second-order valence-corrected chi connectivity index (χ2v) is 7.60. The van der Waals surface area contributed by atoms with Crippen LogP contribution in [0.4, 0.5) is 11.4 Å². The van der Waals surface area contributed by atoms with Gasteiger partial charge in [0.2, 0.25) is 0 Å². The van der Waals surface area contributed by atoms with E-state index in [0.717, 1.165) is 10.4 Å². The molecular formula is C11H10ClN3O4S2. The number of sulfonamides is 1. The molecule has 2 rings (SSSR count). The lowest BCUT2D eigenvalue weighted by Gasteiger charge is -2.21. The largest absolute Gasteiger partial charge is 0.300 e. The number of hydrogen-bond donors (Lipinski definition) is 0. The van der Waals surface area contributed by atoms with Gasteiger partial charge in [-0.05, 0) is 19.1 Å². The summed E-state index contributed by atoms with van der Waals surface area (Å²) in [7, 11) is -3.90. The molecule has 0 saturated carbocycles. The van der Waals surface area contributed by atoms with Gasteiger partial charge in [-0.15, -0.1) is 11.3 Å². The molecule has 0 N–H and O–H groups in total. The molecule has 0 amide bonds. The summed E-state index contributed by atoms with van der Waals surface area (Å²) in [5.74, 6) is 0. The molecule has 2 aromatic heterocycles. The van der Waals surface area contributed by atoms with E-state index in [1.807, 2.05) is 0 Å². The Labute approximate surface area is 130 Å². The summed E-state index contributed by atoms with van der Waals surface area (Å²) < 4.78 is 26.0. The Balaban J connectivity index is 2.50. The smallest absolute Gasteiger partial charge is 0.266 e. The van der Waals surface area contributed by atoms with Crippen LogP contribution >= 0.6 is 22.9 Å². The first-order valence-corrected chi connectivity index (χ1v) is 8.38. The summed E-state index contributed by atoms with van der Waals surface area (Å²) in [4.78, 5) is 13.9. The summed E-state index contributed by atoms with van der Waals surface area (Å²) in [6.07, 6.45) is 2.94. The molecule has 112 valence electrons. The molecule has 0 aliphatic heterocycles. The van der Waals surface area contributed by atoms with E-state index >= 15 is 0 Å². The van der Waals surface area contributed by atoms with E-state index in [1.165, 1.54) is 12.4 Å². The number of thiophene rings is 1. The predicted octanol–water partition coefficient (Wildman–Crippen LogP) is 2.92. The van der Waals surface area contributed by atoms with Crippen molar-refractivity contribution in [2.24, 2.45) is 0 Å². The third kappa shape index (κ3) is 2.99. The number of nitrogens with zero attached hydrogens (tertiary/aromatic N) is 3. The van der Waals surface area contributed by atoms with Crippen molar-refractivity contribution in [2.75, 3.05) is 10.8 Å². The number of pyridine rings is 1. The fourth-order valence-corrected chi connectivity index (χ4v) is 4.95. The maximum Gasteiger partial charge on any atom is 0.300 e. The van der Waals surface area contributed by atoms with Gasteiger partial charge in [-0.25, -0.2) is 8.42 Å².